The zero-order chi connectivity index (χ0) is 14.3. The fourth-order valence-corrected chi connectivity index (χ4v) is 3.44. The van der Waals surface area contributed by atoms with E-state index in [1.165, 1.54) is 0 Å². The SMILES string of the molecule is CCOP(=O)(Cc1cc(OC)ccc1OC)OCC. The van der Waals surface area contributed by atoms with Crippen LogP contribution in [0.3, 0.4) is 0 Å². The Labute approximate surface area is 114 Å². The fourth-order valence-electron chi connectivity index (χ4n) is 1.74. The first-order valence-corrected chi connectivity index (χ1v) is 7.90. The highest BCUT2D eigenvalue weighted by Gasteiger charge is 2.26. The van der Waals surface area contributed by atoms with Gasteiger partial charge in [-0.1, -0.05) is 0 Å². The molecular weight excluding hydrogens is 267 g/mol. The minimum absolute atomic E-state index is 0.162. The lowest BCUT2D eigenvalue weighted by atomic mass is 10.2. The van der Waals surface area contributed by atoms with Gasteiger partial charge in [-0.3, -0.25) is 4.57 Å². The molecule has 5 nitrogen and oxygen atoms in total. The minimum atomic E-state index is -3.15. The molecule has 1 rings (SSSR count). The summed E-state index contributed by atoms with van der Waals surface area (Å²) in [4.78, 5) is 0. The van der Waals surface area contributed by atoms with Crippen molar-refractivity contribution in [1.29, 1.82) is 0 Å². The molecule has 0 N–H and O–H groups in total. The van der Waals surface area contributed by atoms with E-state index < -0.39 is 7.60 Å². The molecule has 0 saturated carbocycles. The number of rotatable bonds is 8. The lowest BCUT2D eigenvalue weighted by Gasteiger charge is -2.18. The maximum Gasteiger partial charge on any atom is 0.335 e. The van der Waals surface area contributed by atoms with Gasteiger partial charge in [-0.05, 0) is 32.0 Å². The highest BCUT2D eigenvalue weighted by atomic mass is 31.2. The molecule has 1 aromatic rings. The molecule has 0 spiro atoms. The second-order valence-corrected chi connectivity index (χ2v) is 5.84. The Morgan fingerprint density at radius 3 is 2.16 bits per heavy atom. The van der Waals surface area contributed by atoms with Crippen LogP contribution in [0, 0.1) is 0 Å². The molecule has 108 valence electrons. The van der Waals surface area contributed by atoms with Gasteiger partial charge >= 0.3 is 7.60 Å². The highest BCUT2D eigenvalue weighted by molar-refractivity contribution is 7.53. The quantitative estimate of drug-likeness (QED) is 0.685. The van der Waals surface area contributed by atoms with Crippen LogP contribution in [0.1, 0.15) is 19.4 Å². The topological polar surface area (TPSA) is 54.0 Å². The van der Waals surface area contributed by atoms with Crippen molar-refractivity contribution in [1.82, 2.24) is 0 Å². The Morgan fingerprint density at radius 2 is 1.68 bits per heavy atom. The molecule has 0 radical (unpaired) electrons. The van der Waals surface area contributed by atoms with Gasteiger partial charge < -0.3 is 18.5 Å². The molecule has 0 aliphatic rings. The maximum absolute atomic E-state index is 12.5. The molecule has 0 heterocycles. The first-order valence-electron chi connectivity index (χ1n) is 6.17. The van der Waals surface area contributed by atoms with Crippen molar-refractivity contribution >= 4 is 7.60 Å². The number of hydrogen-bond acceptors (Lipinski definition) is 5. The van der Waals surface area contributed by atoms with Crippen molar-refractivity contribution in [2.45, 2.75) is 20.0 Å². The smallest absolute Gasteiger partial charge is 0.335 e. The summed E-state index contributed by atoms with van der Waals surface area (Å²) in [7, 11) is -0.000562. The monoisotopic (exact) mass is 288 g/mol. The van der Waals surface area contributed by atoms with E-state index in [0.717, 1.165) is 5.56 Å². The molecule has 0 aliphatic carbocycles. The Hall–Kier alpha value is -1.03. The zero-order valence-corrected chi connectivity index (χ0v) is 12.7. The molecule has 6 heteroatoms. The molecule has 0 aromatic heterocycles. The van der Waals surface area contributed by atoms with Crippen LogP contribution >= 0.6 is 7.60 Å². The Balaban J connectivity index is 3.03. The zero-order valence-electron chi connectivity index (χ0n) is 11.8. The first kappa shape index (κ1) is 16.0. The third-order valence-corrected chi connectivity index (χ3v) is 4.53. The Kier molecular flexibility index (Phi) is 6.35. The van der Waals surface area contributed by atoms with Crippen LogP contribution in [0.2, 0.25) is 0 Å². The fraction of sp³-hybridized carbons (Fsp3) is 0.538. The van der Waals surface area contributed by atoms with Crippen LogP contribution in [0.15, 0.2) is 18.2 Å². The average molecular weight is 288 g/mol. The second kappa shape index (κ2) is 7.53. The van der Waals surface area contributed by atoms with Crippen LogP contribution in [-0.2, 0) is 19.8 Å². The Morgan fingerprint density at radius 1 is 1.05 bits per heavy atom. The summed E-state index contributed by atoms with van der Waals surface area (Å²) in [5.41, 5.74) is 0.743. The third kappa shape index (κ3) is 4.53. The van der Waals surface area contributed by atoms with Crippen LogP contribution in [0.4, 0.5) is 0 Å². The third-order valence-electron chi connectivity index (χ3n) is 2.50. The number of ether oxygens (including phenoxy) is 2. The van der Waals surface area contributed by atoms with E-state index in [1.54, 1.807) is 46.3 Å². The molecular formula is C13H21O5P. The van der Waals surface area contributed by atoms with Crippen LogP contribution < -0.4 is 9.47 Å². The summed E-state index contributed by atoms with van der Waals surface area (Å²) in [5, 5.41) is 0. The van der Waals surface area contributed by atoms with Crippen LogP contribution in [0.25, 0.3) is 0 Å². The van der Waals surface area contributed by atoms with E-state index in [4.69, 9.17) is 18.5 Å². The lowest BCUT2D eigenvalue weighted by Crippen LogP contribution is -2.01. The van der Waals surface area contributed by atoms with Crippen molar-refractivity contribution in [3.8, 4) is 11.5 Å². The predicted octanol–water partition coefficient (Wildman–Crippen LogP) is 3.47. The number of methoxy groups -OCH3 is 2. The van der Waals surface area contributed by atoms with Crippen LogP contribution in [0.5, 0.6) is 11.5 Å². The van der Waals surface area contributed by atoms with Crippen molar-refractivity contribution in [2.75, 3.05) is 27.4 Å². The van der Waals surface area contributed by atoms with Gasteiger partial charge in [0.2, 0.25) is 0 Å². The molecule has 1 aromatic carbocycles. The summed E-state index contributed by atoms with van der Waals surface area (Å²) >= 11 is 0. The molecule has 0 amide bonds. The highest BCUT2D eigenvalue weighted by Crippen LogP contribution is 2.52. The van der Waals surface area contributed by atoms with Gasteiger partial charge in [-0.15, -0.1) is 0 Å². The molecule has 0 fully saturated rings. The average Bonchev–Trinajstić information content (AvgIpc) is 2.39. The lowest BCUT2D eigenvalue weighted by molar-refractivity contribution is 0.219. The van der Waals surface area contributed by atoms with Gasteiger partial charge in [0.05, 0.1) is 33.6 Å². The standard InChI is InChI=1S/C13H21O5P/c1-5-17-19(14,18-6-2)10-11-9-12(15-3)7-8-13(11)16-4/h7-9H,5-6,10H2,1-4H3. The van der Waals surface area contributed by atoms with Crippen LogP contribution in [-0.4, -0.2) is 27.4 Å². The maximum atomic E-state index is 12.5. The molecule has 0 unspecified atom stereocenters. The molecule has 0 bridgehead atoms. The second-order valence-electron chi connectivity index (χ2n) is 3.78. The van der Waals surface area contributed by atoms with E-state index in [-0.39, 0.29) is 6.16 Å². The predicted molar refractivity (Wildman–Crippen MR) is 74.1 cm³/mol. The molecule has 0 saturated heterocycles. The summed E-state index contributed by atoms with van der Waals surface area (Å²) in [6, 6.07) is 5.34. The number of benzene rings is 1. The summed E-state index contributed by atoms with van der Waals surface area (Å²) in [6.45, 7) is 4.25. The first-order chi connectivity index (χ1) is 9.08. The molecule has 0 atom stereocenters. The van der Waals surface area contributed by atoms with E-state index in [2.05, 4.69) is 0 Å². The van der Waals surface area contributed by atoms with Crippen molar-refractivity contribution in [3.63, 3.8) is 0 Å². The minimum Gasteiger partial charge on any atom is -0.497 e. The Bertz CT molecular complexity index is 437. The summed E-state index contributed by atoms with van der Waals surface area (Å²) < 4.78 is 33.5. The van der Waals surface area contributed by atoms with Gasteiger partial charge in [-0.2, -0.15) is 0 Å². The van der Waals surface area contributed by atoms with E-state index in [1.807, 2.05) is 0 Å². The van der Waals surface area contributed by atoms with Crippen molar-refractivity contribution in [2.24, 2.45) is 0 Å². The van der Waals surface area contributed by atoms with E-state index in [9.17, 15) is 4.57 Å². The van der Waals surface area contributed by atoms with Gasteiger partial charge in [0.1, 0.15) is 11.5 Å². The largest absolute Gasteiger partial charge is 0.497 e. The van der Waals surface area contributed by atoms with Gasteiger partial charge in [-0.25, -0.2) is 0 Å². The van der Waals surface area contributed by atoms with Gasteiger partial charge in [0.15, 0.2) is 0 Å². The number of hydrogen-bond donors (Lipinski definition) is 0. The molecule has 19 heavy (non-hydrogen) atoms. The molecule has 0 aliphatic heterocycles. The van der Waals surface area contributed by atoms with Gasteiger partial charge in [0, 0.05) is 5.56 Å². The summed E-state index contributed by atoms with van der Waals surface area (Å²) in [6.07, 6.45) is 0.162. The van der Waals surface area contributed by atoms with E-state index in [0.29, 0.717) is 24.7 Å². The van der Waals surface area contributed by atoms with Gasteiger partial charge in [0.25, 0.3) is 0 Å². The van der Waals surface area contributed by atoms with Crippen molar-refractivity contribution in [3.05, 3.63) is 23.8 Å². The summed E-state index contributed by atoms with van der Waals surface area (Å²) in [5.74, 6) is 1.32. The van der Waals surface area contributed by atoms with Crippen molar-refractivity contribution < 1.29 is 23.1 Å². The van der Waals surface area contributed by atoms with E-state index >= 15 is 0 Å². The normalized spacial score (nSPS) is 11.4.